The van der Waals surface area contributed by atoms with E-state index in [1.165, 1.54) is 12.1 Å². The molecule has 0 aliphatic carbocycles. The molecule has 0 aliphatic heterocycles. The molecule has 23 heavy (non-hydrogen) atoms. The second-order valence-electron chi connectivity index (χ2n) is 4.71. The van der Waals surface area contributed by atoms with Crippen LogP contribution in [0.15, 0.2) is 59.8 Å². The summed E-state index contributed by atoms with van der Waals surface area (Å²) in [6, 6.07) is 16.2. The van der Waals surface area contributed by atoms with Crippen molar-refractivity contribution in [1.29, 1.82) is 0 Å². The van der Waals surface area contributed by atoms with Crippen LogP contribution in [0, 0.1) is 10.1 Å². The van der Waals surface area contributed by atoms with Crippen molar-refractivity contribution in [3.8, 4) is 17.1 Å². The van der Waals surface area contributed by atoms with Crippen molar-refractivity contribution in [3.05, 3.63) is 64.7 Å². The molecule has 0 spiro atoms. The maximum Gasteiger partial charge on any atom is 0.269 e. The average molecular weight is 326 g/mol. The van der Waals surface area contributed by atoms with Gasteiger partial charge in [0.05, 0.1) is 4.92 Å². The fourth-order valence-corrected chi connectivity index (χ4v) is 2.90. The summed E-state index contributed by atoms with van der Waals surface area (Å²) in [5, 5.41) is 20.1. The highest BCUT2D eigenvalue weighted by atomic mass is 32.2. The van der Waals surface area contributed by atoms with Gasteiger partial charge in [0.15, 0.2) is 11.0 Å². The number of hydrogen-bond donors (Lipinski definition) is 0. The number of nitrogens with zero attached hydrogens (tertiary/aromatic N) is 4. The first kappa shape index (κ1) is 15.2. The standard InChI is InChI=1S/C16H14N4O2S/c1-2-23-16-18-17-15(19(16)13-6-4-3-5-7-13)12-8-10-14(11-9-12)20(21)22/h3-11H,2H2,1H3. The Hall–Kier alpha value is -2.67. The number of nitro benzene ring substituents is 1. The lowest BCUT2D eigenvalue weighted by Gasteiger charge is -2.09. The Morgan fingerprint density at radius 2 is 1.78 bits per heavy atom. The van der Waals surface area contributed by atoms with Crippen LogP contribution in [0.4, 0.5) is 5.69 Å². The van der Waals surface area contributed by atoms with E-state index < -0.39 is 4.92 Å². The van der Waals surface area contributed by atoms with Crippen LogP contribution < -0.4 is 0 Å². The fraction of sp³-hybridized carbons (Fsp3) is 0.125. The molecule has 0 bridgehead atoms. The van der Waals surface area contributed by atoms with Crippen LogP contribution in [0.1, 0.15) is 6.92 Å². The van der Waals surface area contributed by atoms with Gasteiger partial charge < -0.3 is 0 Å². The quantitative estimate of drug-likeness (QED) is 0.403. The number of rotatable bonds is 5. The molecule has 0 fully saturated rings. The number of nitro groups is 1. The second kappa shape index (κ2) is 6.62. The van der Waals surface area contributed by atoms with Crippen LogP contribution >= 0.6 is 11.8 Å². The summed E-state index contributed by atoms with van der Waals surface area (Å²) in [5.41, 5.74) is 1.80. The van der Waals surface area contributed by atoms with Crippen LogP contribution in [-0.4, -0.2) is 25.4 Å². The van der Waals surface area contributed by atoms with Gasteiger partial charge >= 0.3 is 0 Å². The van der Waals surface area contributed by atoms with E-state index in [2.05, 4.69) is 17.1 Å². The van der Waals surface area contributed by atoms with Gasteiger partial charge in [0.1, 0.15) is 0 Å². The summed E-state index contributed by atoms with van der Waals surface area (Å²) < 4.78 is 1.97. The summed E-state index contributed by atoms with van der Waals surface area (Å²) in [4.78, 5) is 10.4. The number of aromatic nitrogens is 3. The summed E-state index contributed by atoms with van der Waals surface area (Å²) in [5.74, 6) is 1.55. The average Bonchev–Trinajstić information content (AvgIpc) is 3.00. The highest BCUT2D eigenvalue weighted by Crippen LogP contribution is 2.28. The molecule has 0 atom stereocenters. The third-order valence-corrected chi connectivity index (χ3v) is 4.07. The molecular formula is C16H14N4O2S. The molecule has 3 aromatic rings. The first-order chi connectivity index (χ1) is 11.2. The van der Waals surface area contributed by atoms with Gasteiger partial charge in [-0.15, -0.1) is 10.2 Å². The third-order valence-electron chi connectivity index (χ3n) is 3.26. The number of hydrogen-bond acceptors (Lipinski definition) is 5. The first-order valence-corrected chi connectivity index (χ1v) is 8.07. The van der Waals surface area contributed by atoms with Gasteiger partial charge in [-0.2, -0.15) is 0 Å². The zero-order valence-corrected chi connectivity index (χ0v) is 13.2. The Morgan fingerprint density at radius 3 is 2.39 bits per heavy atom. The van der Waals surface area contributed by atoms with Crippen LogP contribution in [0.5, 0.6) is 0 Å². The van der Waals surface area contributed by atoms with Crippen molar-refractivity contribution in [2.45, 2.75) is 12.1 Å². The van der Waals surface area contributed by atoms with Crippen LogP contribution in [-0.2, 0) is 0 Å². The molecule has 0 radical (unpaired) electrons. The van der Waals surface area contributed by atoms with Crippen molar-refractivity contribution >= 4 is 17.4 Å². The molecule has 116 valence electrons. The molecule has 1 aromatic heterocycles. The lowest BCUT2D eigenvalue weighted by molar-refractivity contribution is -0.384. The number of non-ortho nitro benzene ring substituents is 1. The SMILES string of the molecule is CCSc1nnc(-c2ccc([N+](=O)[O-])cc2)n1-c1ccccc1. The molecule has 1 heterocycles. The Kier molecular flexibility index (Phi) is 4.38. The molecule has 2 aromatic carbocycles. The highest BCUT2D eigenvalue weighted by molar-refractivity contribution is 7.99. The van der Waals surface area contributed by atoms with Gasteiger partial charge in [-0.25, -0.2) is 0 Å². The number of benzene rings is 2. The van der Waals surface area contributed by atoms with Gasteiger partial charge in [0, 0.05) is 23.4 Å². The van der Waals surface area contributed by atoms with E-state index in [0.717, 1.165) is 22.2 Å². The molecule has 6 nitrogen and oxygen atoms in total. The summed E-state index contributed by atoms with van der Waals surface area (Å²) in [6.45, 7) is 2.06. The number of thioether (sulfide) groups is 1. The molecule has 7 heteroatoms. The Labute approximate surface area is 137 Å². The third kappa shape index (κ3) is 3.09. The van der Waals surface area contributed by atoms with Gasteiger partial charge in [0.2, 0.25) is 0 Å². The molecule has 0 saturated carbocycles. The van der Waals surface area contributed by atoms with E-state index in [1.807, 2.05) is 34.9 Å². The van der Waals surface area contributed by atoms with Crippen molar-refractivity contribution in [2.24, 2.45) is 0 Å². The fourth-order valence-electron chi connectivity index (χ4n) is 2.22. The van der Waals surface area contributed by atoms with Crippen LogP contribution in [0.3, 0.4) is 0 Å². The van der Waals surface area contributed by atoms with E-state index >= 15 is 0 Å². The summed E-state index contributed by atoms with van der Waals surface area (Å²) >= 11 is 1.60. The molecule has 0 amide bonds. The normalized spacial score (nSPS) is 10.7. The number of para-hydroxylation sites is 1. The lowest BCUT2D eigenvalue weighted by Crippen LogP contribution is -1.99. The van der Waals surface area contributed by atoms with Crippen molar-refractivity contribution in [3.63, 3.8) is 0 Å². The molecular weight excluding hydrogens is 312 g/mol. The molecule has 0 aliphatic rings. The maximum atomic E-state index is 10.8. The minimum Gasteiger partial charge on any atom is -0.270 e. The topological polar surface area (TPSA) is 73.8 Å². The second-order valence-corrected chi connectivity index (χ2v) is 5.95. The minimum atomic E-state index is -0.413. The van der Waals surface area contributed by atoms with E-state index in [0.29, 0.717) is 5.82 Å². The molecule has 0 unspecified atom stereocenters. The zero-order valence-electron chi connectivity index (χ0n) is 12.4. The van der Waals surface area contributed by atoms with Crippen LogP contribution in [0.2, 0.25) is 0 Å². The van der Waals surface area contributed by atoms with E-state index in [4.69, 9.17) is 0 Å². The largest absolute Gasteiger partial charge is 0.270 e. The maximum absolute atomic E-state index is 10.8. The summed E-state index contributed by atoms with van der Waals surface area (Å²) in [7, 11) is 0. The molecule has 0 N–H and O–H groups in total. The smallest absolute Gasteiger partial charge is 0.269 e. The molecule has 0 saturated heterocycles. The predicted molar refractivity (Wildman–Crippen MR) is 89.8 cm³/mol. The van der Waals surface area contributed by atoms with E-state index in [1.54, 1.807) is 23.9 Å². The van der Waals surface area contributed by atoms with E-state index in [-0.39, 0.29) is 5.69 Å². The van der Waals surface area contributed by atoms with Gasteiger partial charge in [0.25, 0.3) is 5.69 Å². The van der Waals surface area contributed by atoms with E-state index in [9.17, 15) is 10.1 Å². The van der Waals surface area contributed by atoms with Gasteiger partial charge in [-0.3, -0.25) is 14.7 Å². The van der Waals surface area contributed by atoms with Crippen LogP contribution in [0.25, 0.3) is 17.1 Å². The highest BCUT2D eigenvalue weighted by Gasteiger charge is 2.16. The monoisotopic (exact) mass is 326 g/mol. The van der Waals surface area contributed by atoms with Gasteiger partial charge in [-0.1, -0.05) is 36.9 Å². The Morgan fingerprint density at radius 1 is 1.09 bits per heavy atom. The van der Waals surface area contributed by atoms with Crippen molar-refractivity contribution in [2.75, 3.05) is 5.75 Å². The Balaban J connectivity index is 2.10. The Bertz CT molecular complexity index is 816. The lowest BCUT2D eigenvalue weighted by atomic mass is 10.2. The zero-order chi connectivity index (χ0) is 16.2. The van der Waals surface area contributed by atoms with Gasteiger partial charge in [-0.05, 0) is 30.0 Å². The first-order valence-electron chi connectivity index (χ1n) is 7.09. The van der Waals surface area contributed by atoms with Crippen molar-refractivity contribution in [1.82, 2.24) is 14.8 Å². The van der Waals surface area contributed by atoms with Crippen molar-refractivity contribution < 1.29 is 4.92 Å². The minimum absolute atomic E-state index is 0.0580. The predicted octanol–water partition coefficient (Wildman–Crippen LogP) is 3.95. The molecule has 3 rings (SSSR count). The summed E-state index contributed by atoms with van der Waals surface area (Å²) in [6.07, 6.45) is 0.